The highest BCUT2D eigenvalue weighted by Crippen LogP contribution is 2.26. The largest absolute Gasteiger partial charge is 0.506 e. The summed E-state index contributed by atoms with van der Waals surface area (Å²) in [5, 5.41) is 13.0. The van der Waals surface area contributed by atoms with E-state index < -0.39 is 0 Å². The van der Waals surface area contributed by atoms with Gasteiger partial charge in [-0.15, -0.1) is 0 Å². The number of amides is 1. The maximum absolute atomic E-state index is 12.2. The van der Waals surface area contributed by atoms with Gasteiger partial charge in [-0.2, -0.15) is 0 Å². The summed E-state index contributed by atoms with van der Waals surface area (Å²) >= 11 is 11.7. The van der Waals surface area contributed by atoms with E-state index in [9.17, 15) is 9.90 Å². The Morgan fingerprint density at radius 1 is 1.35 bits per heavy atom. The molecule has 1 aromatic carbocycles. The zero-order valence-corrected chi connectivity index (χ0v) is 12.4. The molecule has 20 heavy (non-hydrogen) atoms. The Morgan fingerprint density at radius 3 is 2.75 bits per heavy atom. The Bertz CT molecular complexity index is 638. The SMILES string of the molecule is CCCn1cc(Cl)cc1C(=O)Nc1ccc(Cl)c(O)c1. The zero-order valence-electron chi connectivity index (χ0n) is 10.9. The smallest absolute Gasteiger partial charge is 0.272 e. The highest BCUT2D eigenvalue weighted by atomic mass is 35.5. The van der Waals surface area contributed by atoms with E-state index in [-0.39, 0.29) is 16.7 Å². The number of anilines is 1. The summed E-state index contributed by atoms with van der Waals surface area (Å²) in [6.07, 6.45) is 2.62. The number of phenolic OH excluding ortho intramolecular Hbond substituents is 1. The molecule has 0 aliphatic carbocycles. The Hall–Kier alpha value is -1.65. The Morgan fingerprint density at radius 2 is 2.10 bits per heavy atom. The maximum Gasteiger partial charge on any atom is 0.272 e. The number of aryl methyl sites for hydroxylation is 1. The molecule has 1 heterocycles. The van der Waals surface area contributed by atoms with E-state index in [0.717, 1.165) is 6.42 Å². The molecule has 6 heteroatoms. The first-order valence-corrected chi connectivity index (χ1v) is 6.92. The van der Waals surface area contributed by atoms with Crippen LogP contribution >= 0.6 is 23.2 Å². The molecule has 4 nitrogen and oxygen atoms in total. The van der Waals surface area contributed by atoms with Crippen molar-refractivity contribution >= 4 is 34.8 Å². The average Bonchev–Trinajstić information content (AvgIpc) is 2.75. The van der Waals surface area contributed by atoms with Gasteiger partial charge in [0.25, 0.3) is 5.91 Å². The summed E-state index contributed by atoms with van der Waals surface area (Å²) in [5.41, 5.74) is 0.948. The number of hydrogen-bond donors (Lipinski definition) is 2. The van der Waals surface area contributed by atoms with E-state index in [1.165, 1.54) is 12.1 Å². The summed E-state index contributed by atoms with van der Waals surface area (Å²) in [6.45, 7) is 2.73. The number of phenols is 1. The van der Waals surface area contributed by atoms with Crippen molar-refractivity contribution in [2.75, 3.05) is 5.32 Å². The maximum atomic E-state index is 12.2. The van der Waals surface area contributed by atoms with Gasteiger partial charge in [-0.05, 0) is 24.6 Å². The van der Waals surface area contributed by atoms with Gasteiger partial charge in [-0.3, -0.25) is 4.79 Å². The third kappa shape index (κ3) is 3.26. The van der Waals surface area contributed by atoms with Crippen LogP contribution in [0.1, 0.15) is 23.8 Å². The topological polar surface area (TPSA) is 54.3 Å². The highest BCUT2D eigenvalue weighted by Gasteiger charge is 2.13. The molecule has 0 saturated carbocycles. The first-order chi connectivity index (χ1) is 9.51. The van der Waals surface area contributed by atoms with Crippen LogP contribution in [-0.2, 0) is 6.54 Å². The van der Waals surface area contributed by atoms with Gasteiger partial charge in [0.05, 0.1) is 10.0 Å². The number of nitrogens with one attached hydrogen (secondary N) is 1. The highest BCUT2D eigenvalue weighted by molar-refractivity contribution is 6.32. The molecule has 0 atom stereocenters. The van der Waals surface area contributed by atoms with E-state index in [0.29, 0.717) is 22.9 Å². The van der Waals surface area contributed by atoms with Crippen molar-refractivity contribution in [3.63, 3.8) is 0 Å². The normalized spacial score (nSPS) is 10.6. The number of aromatic nitrogens is 1. The van der Waals surface area contributed by atoms with E-state index in [4.69, 9.17) is 23.2 Å². The van der Waals surface area contributed by atoms with Crippen LogP contribution in [0, 0.1) is 0 Å². The number of carbonyl (C=O) groups is 1. The molecular formula is C14H14Cl2N2O2. The molecule has 0 aliphatic heterocycles. The van der Waals surface area contributed by atoms with Gasteiger partial charge in [-0.25, -0.2) is 0 Å². The van der Waals surface area contributed by atoms with Crippen molar-refractivity contribution in [2.24, 2.45) is 0 Å². The molecule has 106 valence electrons. The Kier molecular flexibility index (Phi) is 4.57. The molecule has 0 fully saturated rings. The van der Waals surface area contributed by atoms with Crippen LogP contribution in [0.15, 0.2) is 30.5 Å². The second-order valence-electron chi connectivity index (χ2n) is 4.36. The molecule has 0 saturated heterocycles. The monoisotopic (exact) mass is 312 g/mol. The van der Waals surface area contributed by atoms with E-state index in [1.807, 2.05) is 6.92 Å². The van der Waals surface area contributed by atoms with Crippen molar-refractivity contribution < 1.29 is 9.90 Å². The third-order valence-electron chi connectivity index (χ3n) is 2.76. The fourth-order valence-corrected chi connectivity index (χ4v) is 2.22. The minimum Gasteiger partial charge on any atom is -0.506 e. The fraction of sp³-hybridized carbons (Fsp3) is 0.214. The van der Waals surface area contributed by atoms with Crippen molar-refractivity contribution in [1.29, 1.82) is 0 Å². The van der Waals surface area contributed by atoms with Crippen LogP contribution in [0.4, 0.5) is 5.69 Å². The molecule has 0 unspecified atom stereocenters. The van der Waals surface area contributed by atoms with E-state index in [2.05, 4.69) is 5.32 Å². The first-order valence-electron chi connectivity index (χ1n) is 6.16. The molecule has 2 N–H and O–H groups in total. The van der Waals surface area contributed by atoms with Gasteiger partial charge in [-0.1, -0.05) is 30.1 Å². The van der Waals surface area contributed by atoms with Crippen LogP contribution in [0.25, 0.3) is 0 Å². The number of aromatic hydroxyl groups is 1. The predicted octanol–water partition coefficient (Wildman–Crippen LogP) is 4.16. The van der Waals surface area contributed by atoms with Crippen LogP contribution in [0.5, 0.6) is 5.75 Å². The lowest BCUT2D eigenvalue weighted by atomic mass is 10.3. The summed E-state index contributed by atoms with van der Waals surface area (Å²) < 4.78 is 1.80. The standard InChI is InChI=1S/C14H14Cl2N2O2/c1-2-5-18-8-9(15)6-12(18)14(20)17-10-3-4-11(16)13(19)7-10/h3-4,6-8,19H,2,5H2,1H3,(H,17,20). The van der Waals surface area contributed by atoms with Gasteiger partial charge in [0.15, 0.2) is 0 Å². The Labute approximate surface area is 126 Å². The summed E-state index contributed by atoms with van der Waals surface area (Å²) in [6, 6.07) is 6.15. The molecule has 0 spiro atoms. The van der Waals surface area contributed by atoms with Crippen LogP contribution < -0.4 is 5.32 Å². The molecule has 0 bridgehead atoms. The van der Waals surface area contributed by atoms with Crippen LogP contribution in [0.2, 0.25) is 10.0 Å². The summed E-state index contributed by atoms with van der Waals surface area (Å²) in [5.74, 6) is -0.362. The van der Waals surface area contributed by atoms with Crippen molar-refractivity contribution in [1.82, 2.24) is 4.57 Å². The summed E-state index contributed by atoms with van der Waals surface area (Å²) in [4.78, 5) is 12.2. The lowest BCUT2D eigenvalue weighted by molar-refractivity contribution is 0.101. The predicted molar refractivity (Wildman–Crippen MR) is 80.8 cm³/mol. The number of benzene rings is 1. The lowest BCUT2D eigenvalue weighted by Crippen LogP contribution is -2.16. The molecule has 1 amide bonds. The average molecular weight is 313 g/mol. The number of nitrogens with zero attached hydrogens (tertiary/aromatic N) is 1. The van der Waals surface area contributed by atoms with Crippen LogP contribution in [0.3, 0.4) is 0 Å². The van der Waals surface area contributed by atoms with Gasteiger partial charge < -0.3 is 15.0 Å². The second-order valence-corrected chi connectivity index (χ2v) is 5.20. The molecule has 2 rings (SSSR count). The van der Waals surface area contributed by atoms with Gasteiger partial charge in [0, 0.05) is 24.5 Å². The molecule has 0 aliphatic rings. The van der Waals surface area contributed by atoms with Gasteiger partial charge in [0.2, 0.25) is 0 Å². The minimum atomic E-state index is -0.285. The van der Waals surface area contributed by atoms with Crippen molar-refractivity contribution in [2.45, 2.75) is 19.9 Å². The molecule has 1 aromatic heterocycles. The number of hydrogen-bond acceptors (Lipinski definition) is 2. The third-order valence-corrected chi connectivity index (χ3v) is 3.29. The zero-order chi connectivity index (χ0) is 14.7. The second kappa shape index (κ2) is 6.20. The van der Waals surface area contributed by atoms with Crippen molar-refractivity contribution in [3.05, 3.63) is 46.2 Å². The Balaban J connectivity index is 2.21. The van der Waals surface area contributed by atoms with Crippen molar-refractivity contribution in [3.8, 4) is 5.75 Å². The number of rotatable bonds is 4. The number of carbonyl (C=O) groups excluding carboxylic acids is 1. The fourth-order valence-electron chi connectivity index (χ4n) is 1.88. The van der Waals surface area contributed by atoms with Gasteiger partial charge in [0.1, 0.15) is 11.4 Å². The van der Waals surface area contributed by atoms with Gasteiger partial charge >= 0.3 is 0 Å². The molecule has 2 aromatic rings. The van der Waals surface area contributed by atoms with Crippen LogP contribution in [-0.4, -0.2) is 15.6 Å². The molecular weight excluding hydrogens is 299 g/mol. The quantitative estimate of drug-likeness (QED) is 0.890. The molecule has 0 radical (unpaired) electrons. The first kappa shape index (κ1) is 14.8. The lowest BCUT2D eigenvalue weighted by Gasteiger charge is -2.09. The van der Waals surface area contributed by atoms with E-state index in [1.54, 1.807) is 22.9 Å². The summed E-state index contributed by atoms with van der Waals surface area (Å²) in [7, 11) is 0. The number of halogens is 2. The van der Waals surface area contributed by atoms with E-state index >= 15 is 0 Å². The minimum absolute atomic E-state index is 0.0774.